The fourth-order valence-corrected chi connectivity index (χ4v) is 1.14. The minimum atomic E-state index is 0.720. The normalized spacial score (nSPS) is 24.3. The van der Waals surface area contributed by atoms with Gasteiger partial charge in [0.05, 0.1) is 0 Å². The van der Waals surface area contributed by atoms with Crippen LogP contribution >= 0.6 is 0 Å². The van der Waals surface area contributed by atoms with Gasteiger partial charge in [-0.05, 0) is 25.7 Å². The van der Waals surface area contributed by atoms with E-state index in [0.29, 0.717) is 0 Å². The number of nitrogens with one attached hydrogen (secondary N) is 1. The van der Waals surface area contributed by atoms with E-state index in [1.807, 2.05) is 0 Å². The van der Waals surface area contributed by atoms with Crippen molar-refractivity contribution in [1.29, 1.82) is 0 Å². The Labute approximate surface area is 64.2 Å². The Morgan fingerprint density at radius 2 is 2.00 bits per heavy atom. The van der Waals surface area contributed by atoms with Gasteiger partial charge in [0.25, 0.3) is 0 Å². The molecule has 10 heavy (non-hydrogen) atoms. The first kappa shape index (κ1) is 8.06. The van der Waals surface area contributed by atoms with Crippen LogP contribution in [0.25, 0.3) is 0 Å². The van der Waals surface area contributed by atoms with Crippen molar-refractivity contribution in [2.45, 2.75) is 52.1 Å². The maximum atomic E-state index is 3.60. The largest absolute Gasteiger partial charge is 0.311 e. The lowest BCUT2D eigenvalue weighted by molar-refractivity contribution is 0.388. The topological polar surface area (TPSA) is 12.0 Å². The highest BCUT2D eigenvalue weighted by Gasteiger charge is 2.24. The van der Waals surface area contributed by atoms with Gasteiger partial charge in [-0.1, -0.05) is 20.3 Å². The Kier molecular flexibility index (Phi) is 2.72. The van der Waals surface area contributed by atoms with E-state index >= 15 is 0 Å². The second-order valence-electron chi connectivity index (χ2n) is 3.62. The van der Waals surface area contributed by atoms with Crippen LogP contribution < -0.4 is 5.32 Å². The van der Waals surface area contributed by atoms with Crippen molar-refractivity contribution in [3.05, 3.63) is 0 Å². The Hall–Kier alpha value is -0.0400. The van der Waals surface area contributed by atoms with Crippen molar-refractivity contribution in [3.63, 3.8) is 0 Å². The van der Waals surface area contributed by atoms with Gasteiger partial charge < -0.3 is 5.32 Å². The average molecular weight is 141 g/mol. The first-order valence-electron chi connectivity index (χ1n) is 4.50. The highest BCUT2D eigenvalue weighted by atomic mass is 15.0. The third kappa shape index (κ3) is 2.30. The molecule has 0 spiro atoms. The fraction of sp³-hybridized carbons (Fsp3) is 1.00. The van der Waals surface area contributed by atoms with E-state index in [1.165, 1.54) is 19.3 Å². The molecular formula is C9H19N. The summed E-state index contributed by atoms with van der Waals surface area (Å²) in [5.41, 5.74) is 0. The number of hydrogen-bond acceptors (Lipinski definition) is 1. The van der Waals surface area contributed by atoms with Crippen LogP contribution in [0.15, 0.2) is 0 Å². The second kappa shape index (κ2) is 3.38. The molecule has 1 rings (SSSR count). The summed E-state index contributed by atoms with van der Waals surface area (Å²) >= 11 is 0. The van der Waals surface area contributed by atoms with Crippen LogP contribution in [0.1, 0.15) is 40.0 Å². The monoisotopic (exact) mass is 141 g/mol. The van der Waals surface area contributed by atoms with Crippen LogP contribution in [0.3, 0.4) is 0 Å². The molecule has 0 unspecified atom stereocenters. The van der Waals surface area contributed by atoms with E-state index in [9.17, 15) is 0 Å². The SMILES string of the molecule is CC[C@H](C)[C@H](C)NC1CC1. The molecule has 0 aromatic heterocycles. The highest BCUT2D eigenvalue weighted by molar-refractivity contribution is 4.84. The van der Waals surface area contributed by atoms with Crippen molar-refractivity contribution in [2.24, 2.45) is 5.92 Å². The van der Waals surface area contributed by atoms with Crippen molar-refractivity contribution in [3.8, 4) is 0 Å². The molecule has 1 nitrogen and oxygen atoms in total. The molecule has 0 saturated heterocycles. The van der Waals surface area contributed by atoms with Gasteiger partial charge in [0.15, 0.2) is 0 Å². The van der Waals surface area contributed by atoms with Crippen molar-refractivity contribution in [1.82, 2.24) is 5.32 Å². The molecule has 0 bridgehead atoms. The molecule has 2 atom stereocenters. The van der Waals surface area contributed by atoms with Gasteiger partial charge in [0.1, 0.15) is 0 Å². The van der Waals surface area contributed by atoms with E-state index in [4.69, 9.17) is 0 Å². The lowest BCUT2D eigenvalue weighted by Gasteiger charge is -2.19. The van der Waals surface area contributed by atoms with Gasteiger partial charge in [0.2, 0.25) is 0 Å². The molecule has 1 N–H and O–H groups in total. The van der Waals surface area contributed by atoms with Crippen molar-refractivity contribution in [2.75, 3.05) is 0 Å². The number of hydrogen-bond donors (Lipinski definition) is 1. The third-order valence-corrected chi connectivity index (χ3v) is 2.57. The highest BCUT2D eigenvalue weighted by Crippen LogP contribution is 2.21. The first-order chi connectivity index (χ1) is 4.74. The molecule has 1 heteroatoms. The molecule has 0 aliphatic heterocycles. The zero-order valence-corrected chi connectivity index (χ0v) is 7.35. The molecule has 1 fully saturated rings. The maximum Gasteiger partial charge on any atom is 0.00708 e. The van der Waals surface area contributed by atoms with E-state index in [1.54, 1.807) is 0 Å². The summed E-state index contributed by atoms with van der Waals surface area (Å²) in [6.07, 6.45) is 4.10. The van der Waals surface area contributed by atoms with Gasteiger partial charge in [0, 0.05) is 12.1 Å². The summed E-state index contributed by atoms with van der Waals surface area (Å²) in [6.45, 7) is 6.88. The minimum absolute atomic E-state index is 0.720. The molecule has 0 aromatic rings. The van der Waals surface area contributed by atoms with Crippen LogP contribution in [0.2, 0.25) is 0 Å². The molecule has 0 radical (unpaired) electrons. The average Bonchev–Trinajstić information content (AvgIpc) is 2.70. The van der Waals surface area contributed by atoms with E-state index in [0.717, 1.165) is 18.0 Å². The Morgan fingerprint density at radius 1 is 1.40 bits per heavy atom. The van der Waals surface area contributed by atoms with Crippen LogP contribution in [0.4, 0.5) is 0 Å². The Morgan fingerprint density at radius 3 is 2.40 bits per heavy atom. The van der Waals surface area contributed by atoms with Crippen LogP contribution in [0, 0.1) is 5.92 Å². The second-order valence-corrected chi connectivity index (χ2v) is 3.62. The zero-order valence-electron chi connectivity index (χ0n) is 7.35. The lowest BCUT2D eigenvalue weighted by Crippen LogP contribution is -2.33. The van der Waals surface area contributed by atoms with Crippen LogP contribution in [-0.2, 0) is 0 Å². The quantitative estimate of drug-likeness (QED) is 0.632. The summed E-state index contributed by atoms with van der Waals surface area (Å²) in [4.78, 5) is 0. The van der Waals surface area contributed by atoms with Crippen LogP contribution in [-0.4, -0.2) is 12.1 Å². The molecule has 0 heterocycles. The molecule has 0 aromatic carbocycles. The van der Waals surface area contributed by atoms with Gasteiger partial charge in [-0.25, -0.2) is 0 Å². The summed E-state index contributed by atoms with van der Waals surface area (Å²) in [6, 6.07) is 1.58. The zero-order chi connectivity index (χ0) is 7.56. The Bertz CT molecular complexity index is 96.9. The third-order valence-electron chi connectivity index (χ3n) is 2.57. The molecular weight excluding hydrogens is 122 g/mol. The molecule has 60 valence electrons. The van der Waals surface area contributed by atoms with Gasteiger partial charge in [-0.3, -0.25) is 0 Å². The smallest absolute Gasteiger partial charge is 0.00708 e. The predicted octanol–water partition coefficient (Wildman–Crippen LogP) is 2.17. The molecule has 1 aliphatic carbocycles. The van der Waals surface area contributed by atoms with Gasteiger partial charge >= 0.3 is 0 Å². The van der Waals surface area contributed by atoms with Crippen molar-refractivity contribution >= 4 is 0 Å². The van der Waals surface area contributed by atoms with Crippen LogP contribution in [0.5, 0.6) is 0 Å². The van der Waals surface area contributed by atoms with E-state index < -0.39 is 0 Å². The van der Waals surface area contributed by atoms with Gasteiger partial charge in [-0.15, -0.1) is 0 Å². The summed E-state index contributed by atoms with van der Waals surface area (Å²) in [7, 11) is 0. The predicted molar refractivity (Wildman–Crippen MR) is 45.1 cm³/mol. The fourth-order valence-electron chi connectivity index (χ4n) is 1.14. The van der Waals surface area contributed by atoms with E-state index in [2.05, 4.69) is 26.1 Å². The lowest BCUT2D eigenvalue weighted by atomic mass is 10.0. The number of rotatable bonds is 4. The van der Waals surface area contributed by atoms with E-state index in [-0.39, 0.29) is 0 Å². The van der Waals surface area contributed by atoms with Crippen molar-refractivity contribution < 1.29 is 0 Å². The minimum Gasteiger partial charge on any atom is -0.311 e. The van der Waals surface area contributed by atoms with Gasteiger partial charge in [-0.2, -0.15) is 0 Å². The molecule has 1 saturated carbocycles. The standard InChI is InChI=1S/C9H19N/c1-4-7(2)8(3)10-9-5-6-9/h7-10H,4-6H2,1-3H3/t7-,8-/m0/s1. The molecule has 1 aliphatic rings. The summed E-state index contributed by atoms with van der Waals surface area (Å²) < 4.78 is 0. The summed E-state index contributed by atoms with van der Waals surface area (Å²) in [5.74, 6) is 0.834. The summed E-state index contributed by atoms with van der Waals surface area (Å²) in [5, 5.41) is 3.60. The Balaban J connectivity index is 2.11. The maximum absolute atomic E-state index is 3.60. The molecule has 0 amide bonds. The first-order valence-corrected chi connectivity index (χ1v) is 4.50.